The standard InChI is InChI=1S/C28H26N2O11S/c1-36-22-7-14(8-23(37-2)27(22)38-3)24-17-10-20-21(41-13-40-20)11-18(17)26(19-12-39-28(31)25(19)24)29-42(34,35)16-6-4-5-15(9-16)30(32)33/h4-11,19,24-26,29H,12-13H2,1-3H3/t19-,24+,25-,26+/m0/s1. The van der Waals surface area contributed by atoms with Crippen LogP contribution < -0.4 is 28.4 Å². The number of nitro groups is 1. The Morgan fingerprint density at radius 2 is 1.60 bits per heavy atom. The maximum Gasteiger partial charge on any atom is 0.310 e. The Hall–Kier alpha value is -4.56. The maximum atomic E-state index is 13.6. The lowest BCUT2D eigenvalue weighted by atomic mass is 9.65. The minimum absolute atomic E-state index is 0.0218. The van der Waals surface area contributed by atoms with Crippen LogP contribution in [-0.4, -0.2) is 54.0 Å². The molecule has 2 heterocycles. The highest BCUT2D eigenvalue weighted by Gasteiger charge is 2.53. The van der Waals surface area contributed by atoms with Crippen LogP contribution >= 0.6 is 0 Å². The molecule has 1 aliphatic carbocycles. The largest absolute Gasteiger partial charge is 0.493 e. The number of hydrogen-bond donors (Lipinski definition) is 1. The molecule has 0 aromatic heterocycles. The highest BCUT2D eigenvalue weighted by molar-refractivity contribution is 7.89. The zero-order chi connectivity index (χ0) is 29.8. The number of nitrogens with one attached hydrogen (secondary N) is 1. The highest BCUT2D eigenvalue weighted by Crippen LogP contribution is 2.55. The minimum Gasteiger partial charge on any atom is -0.493 e. The van der Waals surface area contributed by atoms with Gasteiger partial charge in [-0.3, -0.25) is 14.9 Å². The second kappa shape index (κ2) is 10.4. The predicted octanol–water partition coefficient (Wildman–Crippen LogP) is 3.30. The van der Waals surface area contributed by atoms with Crippen molar-refractivity contribution < 1.29 is 46.6 Å². The first-order chi connectivity index (χ1) is 20.2. The van der Waals surface area contributed by atoms with Gasteiger partial charge in [0, 0.05) is 24.0 Å². The molecule has 3 aliphatic rings. The van der Waals surface area contributed by atoms with Gasteiger partial charge in [0.15, 0.2) is 23.0 Å². The highest BCUT2D eigenvalue weighted by atomic mass is 32.2. The van der Waals surface area contributed by atoms with Gasteiger partial charge in [-0.05, 0) is 47.0 Å². The van der Waals surface area contributed by atoms with Gasteiger partial charge < -0.3 is 28.4 Å². The van der Waals surface area contributed by atoms with Crippen molar-refractivity contribution in [1.82, 2.24) is 4.72 Å². The van der Waals surface area contributed by atoms with E-state index in [4.69, 9.17) is 28.4 Å². The van der Waals surface area contributed by atoms with Gasteiger partial charge in [-0.15, -0.1) is 0 Å². The van der Waals surface area contributed by atoms with Crippen LogP contribution in [0.2, 0.25) is 0 Å². The number of ether oxygens (including phenoxy) is 6. The van der Waals surface area contributed by atoms with E-state index < -0.39 is 44.7 Å². The summed E-state index contributed by atoms with van der Waals surface area (Å²) in [4.78, 5) is 23.7. The van der Waals surface area contributed by atoms with Crippen molar-refractivity contribution in [3.05, 3.63) is 75.3 Å². The van der Waals surface area contributed by atoms with E-state index in [1.807, 2.05) is 0 Å². The molecule has 6 rings (SSSR count). The van der Waals surface area contributed by atoms with Gasteiger partial charge in [0.25, 0.3) is 5.69 Å². The predicted molar refractivity (Wildman–Crippen MR) is 145 cm³/mol. The molecule has 0 bridgehead atoms. The van der Waals surface area contributed by atoms with Crippen LogP contribution in [0.4, 0.5) is 5.69 Å². The number of esters is 1. The molecule has 14 heteroatoms. The van der Waals surface area contributed by atoms with Crippen LogP contribution in [0.3, 0.4) is 0 Å². The molecule has 2 aliphatic heterocycles. The van der Waals surface area contributed by atoms with Crippen LogP contribution in [0.15, 0.2) is 53.4 Å². The Bertz CT molecular complexity index is 1680. The van der Waals surface area contributed by atoms with Crippen LogP contribution in [0.1, 0.15) is 28.7 Å². The minimum atomic E-state index is -4.29. The number of methoxy groups -OCH3 is 3. The number of carbonyl (C=O) groups is 1. The first-order valence-corrected chi connectivity index (χ1v) is 14.3. The molecule has 0 saturated carbocycles. The number of rotatable bonds is 8. The molecule has 4 atom stereocenters. The number of benzene rings is 3. The fourth-order valence-electron chi connectivity index (χ4n) is 5.99. The van der Waals surface area contributed by atoms with E-state index in [9.17, 15) is 23.3 Å². The molecular weight excluding hydrogens is 572 g/mol. The Morgan fingerprint density at radius 3 is 2.21 bits per heavy atom. The summed E-state index contributed by atoms with van der Waals surface area (Å²) in [5.41, 5.74) is 1.44. The van der Waals surface area contributed by atoms with Crippen molar-refractivity contribution in [3.8, 4) is 28.7 Å². The van der Waals surface area contributed by atoms with Gasteiger partial charge in [0.05, 0.1) is 49.7 Å². The molecule has 0 unspecified atom stereocenters. The van der Waals surface area contributed by atoms with Crippen molar-refractivity contribution >= 4 is 21.7 Å². The third-order valence-corrected chi connectivity index (χ3v) is 9.29. The lowest BCUT2D eigenvalue weighted by Crippen LogP contribution is -2.42. The van der Waals surface area contributed by atoms with Gasteiger partial charge in [0.1, 0.15) is 0 Å². The van der Waals surface area contributed by atoms with E-state index in [-0.39, 0.29) is 24.0 Å². The summed E-state index contributed by atoms with van der Waals surface area (Å²) < 4.78 is 63.3. The first kappa shape index (κ1) is 27.6. The number of cyclic esters (lactones) is 1. The summed E-state index contributed by atoms with van der Waals surface area (Å²) in [5.74, 6) is -0.559. The molecule has 42 heavy (non-hydrogen) atoms. The zero-order valence-electron chi connectivity index (χ0n) is 22.7. The van der Waals surface area contributed by atoms with E-state index in [2.05, 4.69) is 4.72 Å². The summed E-state index contributed by atoms with van der Waals surface area (Å²) in [6.07, 6.45) is 0. The van der Waals surface area contributed by atoms with E-state index in [0.29, 0.717) is 45.4 Å². The molecule has 1 fully saturated rings. The van der Waals surface area contributed by atoms with Gasteiger partial charge in [-0.25, -0.2) is 13.1 Å². The average Bonchev–Trinajstić information content (AvgIpc) is 3.61. The van der Waals surface area contributed by atoms with Crippen LogP contribution in [0.5, 0.6) is 28.7 Å². The second-order valence-corrected chi connectivity index (χ2v) is 11.7. The Balaban J connectivity index is 1.53. The Labute approximate surface area is 240 Å². The first-order valence-electron chi connectivity index (χ1n) is 12.8. The number of sulfonamides is 1. The number of hydrogen-bond acceptors (Lipinski definition) is 11. The van der Waals surface area contributed by atoms with E-state index in [1.165, 1.54) is 39.5 Å². The van der Waals surface area contributed by atoms with Crippen LogP contribution in [0.25, 0.3) is 0 Å². The fourth-order valence-corrected chi connectivity index (χ4v) is 7.30. The van der Waals surface area contributed by atoms with E-state index in [1.54, 1.807) is 24.3 Å². The third kappa shape index (κ3) is 4.43. The Morgan fingerprint density at radius 1 is 0.929 bits per heavy atom. The number of non-ortho nitro benzene ring substituents is 1. The maximum absolute atomic E-state index is 13.6. The smallest absolute Gasteiger partial charge is 0.310 e. The molecular formula is C28H26N2O11S. The normalized spacial score (nSPS) is 22.1. The zero-order valence-corrected chi connectivity index (χ0v) is 23.5. The molecule has 1 saturated heterocycles. The van der Waals surface area contributed by atoms with Crippen LogP contribution in [-0.2, 0) is 19.6 Å². The molecule has 3 aromatic rings. The number of nitrogens with zero attached hydrogens (tertiary/aromatic N) is 1. The molecule has 0 spiro atoms. The van der Waals surface area contributed by atoms with Crippen molar-refractivity contribution in [2.45, 2.75) is 16.9 Å². The number of nitro benzene ring substituents is 1. The number of carbonyl (C=O) groups excluding carboxylic acids is 1. The van der Waals surface area contributed by atoms with Crippen LogP contribution in [0, 0.1) is 22.0 Å². The van der Waals surface area contributed by atoms with Crippen molar-refractivity contribution in [2.75, 3.05) is 34.7 Å². The molecule has 1 N–H and O–H groups in total. The summed E-state index contributed by atoms with van der Waals surface area (Å²) >= 11 is 0. The summed E-state index contributed by atoms with van der Waals surface area (Å²) in [6, 6.07) is 10.7. The fraction of sp³-hybridized carbons (Fsp3) is 0.321. The quantitative estimate of drug-likeness (QED) is 0.230. The second-order valence-electron chi connectivity index (χ2n) is 9.94. The Kier molecular flexibility index (Phi) is 6.81. The van der Waals surface area contributed by atoms with Gasteiger partial charge >= 0.3 is 5.97 Å². The van der Waals surface area contributed by atoms with Gasteiger partial charge in [-0.2, -0.15) is 0 Å². The molecule has 13 nitrogen and oxygen atoms in total. The third-order valence-electron chi connectivity index (χ3n) is 7.85. The number of fused-ring (bicyclic) bond motifs is 3. The molecule has 3 aromatic carbocycles. The molecule has 220 valence electrons. The van der Waals surface area contributed by atoms with Crippen molar-refractivity contribution in [3.63, 3.8) is 0 Å². The van der Waals surface area contributed by atoms with Crippen molar-refractivity contribution in [2.24, 2.45) is 11.8 Å². The van der Waals surface area contributed by atoms with Gasteiger partial charge in [-0.1, -0.05) is 6.07 Å². The van der Waals surface area contributed by atoms with Crippen molar-refractivity contribution in [1.29, 1.82) is 0 Å². The summed E-state index contributed by atoms with van der Waals surface area (Å²) in [5, 5.41) is 11.3. The monoisotopic (exact) mass is 598 g/mol. The summed E-state index contributed by atoms with van der Waals surface area (Å²) in [6.45, 7) is -0.0769. The molecule has 0 amide bonds. The lowest BCUT2D eigenvalue weighted by Gasteiger charge is -2.39. The lowest BCUT2D eigenvalue weighted by molar-refractivity contribution is -0.385. The average molecular weight is 599 g/mol. The summed E-state index contributed by atoms with van der Waals surface area (Å²) in [7, 11) is 0.165. The SMILES string of the molecule is COc1cc([C@@H]2c3cc4c(cc3[C@@H](NS(=O)(=O)c3cccc([N+](=O)[O-])c3)[C@H]3COC(=O)[C@H]23)OCO4)cc(OC)c1OC. The van der Waals surface area contributed by atoms with E-state index in [0.717, 1.165) is 6.07 Å². The topological polar surface area (TPSA) is 162 Å². The van der Waals surface area contributed by atoms with Gasteiger partial charge in [0.2, 0.25) is 22.6 Å². The molecule has 0 radical (unpaired) electrons. The van der Waals surface area contributed by atoms with E-state index >= 15 is 0 Å².